The third-order valence-electron chi connectivity index (χ3n) is 4.82. The minimum Gasteiger partial charge on any atom is -0.311 e. The SMILES string of the molecule is C=C[C@H]1C2CCC(C[C@H]1N(C)Cc1ccccc1)N2. The summed E-state index contributed by atoms with van der Waals surface area (Å²) in [5.41, 5.74) is 1.40. The van der Waals surface area contributed by atoms with Crippen LogP contribution in [0.15, 0.2) is 43.0 Å². The van der Waals surface area contributed by atoms with Gasteiger partial charge < -0.3 is 5.32 Å². The summed E-state index contributed by atoms with van der Waals surface area (Å²) in [7, 11) is 2.26. The Balaban J connectivity index is 1.71. The molecule has 0 radical (unpaired) electrons. The molecule has 1 N–H and O–H groups in total. The quantitative estimate of drug-likeness (QED) is 0.833. The fraction of sp³-hybridized carbons (Fsp3) is 0.529. The van der Waals surface area contributed by atoms with Crippen molar-refractivity contribution in [2.24, 2.45) is 5.92 Å². The van der Waals surface area contributed by atoms with Gasteiger partial charge in [-0.3, -0.25) is 4.90 Å². The van der Waals surface area contributed by atoms with E-state index in [0.717, 1.165) is 12.6 Å². The van der Waals surface area contributed by atoms with Gasteiger partial charge in [-0.25, -0.2) is 0 Å². The van der Waals surface area contributed by atoms with Gasteiger partial charge in [0.15, 0.2) is 0 Å². The predicted molar refractivity (Wildman–Crippen MR) is 79.9 cm³/mol. The average molecular weight is 256 g/mol. The maximum absolute atomic E-state index is 4.07. The molecule has 0 saturated carbocycles. The first kappa shape index (κ1) is 12.9. The summed E-state index contributed by atoms with van der Waals surface area (Å²) in [6.45, 7) is 5.11. The minimum absolute atomic E-state index is 0.590. The van der Waals surface area contributed by atoms with Crippen molar-refractivity contribution < 1.29 is 0 Å². The van der Waals surface area contributed by atoms with Crippen LogP contribution in [0.1, 0.15) is 24.8 Å². The number of nitrogens with zero attached hydrogens (tertiary/aromatic N) is 1. The van der Waals surface area contributed by atoms with E-state index in [0.29, 0.717) is 18.0 Å². The van der Waals surface area contributed by atoms with Crippen molar-refractivity contribution in [3.8, 4) is 0 Å². The summed E-state index contributed by atoms with van der Waals surface area (Å²) in [6, 6.07) is 12.8. The molecular weight excluding hydrogens is 232 g/mol. The zero-order chi connectivity index (χ0) is 13.2. The molecule has 2 heteroatoms. The van der Waals surface area contributed by atoms with Gasteiger partial charge in [-0.1, -0.05) is 36.4 Å². The molecule has 1 aromatic carbocycles. The van der Waals surface area contributed by atoms with E-state index >= 15 is 0 Å². The predicted octanol–water partition coefficient (Wildman–Crippen LogP) is 2.81. The highest BCUT2D eigenvalue weighted by molar-refractivity contribution is 5.15. The molecule has 2 fully saturated rings. The monoisotopic (exact) mass is 256 g/mol. The van der Waals surface area contributed by atoms with Crippen molar-refractivity contribution >= 4 is 0 Å². The molecule has 2 unspecified atom stereocenters. The molecule has 0 aromatic heterocycles. The van der Waals surface area contributed by atoms with E-state index < -0.39 is 0 Å². The van der Waals surface area contributed by atoms with E-state index in [2.05, 4.69) is 60.3 Å². The van der Waals surface area contributed by atoms with Gasteiger partial charge in [-0.15, -0.1) is 6.58 Å². The molecular formula is C17H24N2. The third-order valence-corrected chi connectivity index (χ3v) is 4.82. The van der Waals surface area contributed by atoms with Gasteiger partial charge in [0.2, 0.25) is 0 Å². The van der Waals surface area contributed by atoms with Gasteiger partial charge in [-0.2, -0.15) is 0 Å². The van der Waals surface area contributed by atoms with Crippen molar-refractivity contribution in [2.75, 3.05) is 7.05 Å². The van der Waals surface area contributed by atoms with Gasteiger partial charge in [0.25, 0.3) is 0 Å². The van der Waals surface area contributed by atoms with Crippen LogP contribution < -0.4 is 5.32 Å². The van der Waals surface area contributed by atoms with Gasteiger partial charge in [-0.05, 0) is 31.9 Å². The number of piperidine rings is 1. The molecule has 4 atom stereocenters. The van der Waals surface area contributed by atoms with Crippen molar-refractivity contribution in [1.29, 1.82) is 0 Å². The largest absolute Gasteiger partial charge is 0.311 e. The Hall–Kier alpha value is -1.12. The lowest BCUT2D eigenvalue weighted by atomic mass is 9.86. The van der Waals surface area contributed by atoms with Crippen molar-refractivity contribution in [3.05, 3.63) is 48.6 Å². The van der Waals surface area contributed by atoms with Gasteiger partial charge in [0.05, 0.1) is 0 Å². The third kappa shape index (κ3) is 2.60. The highest BCUT2D eigenvalue weighted by Gasteiger charge is 2.41. The molecule has 102 valence electrons. The highest BCUT2D eigenvalue weighted by Crippen LogP contribution is 2.35. The summed E-state index contributed by atoms with van der Waals surface area (Å²) in [5.74, 6) is 0.590. The highest BCUT2D eigenvalue weighted by atomic mass is 15.2. The Morgan fingerprint density at radius 2 is 2.11 bits per heavy atom. The van der Waals surface area contributed by atoms with Crippen molar-refractivity contribution in [2.45, 2.75) is 43.9 Å². The molecule has 19 heavy (non-hydrogen) atoms. The maximum Gasteiger partial charge on any atom is 0.0233 e. The Bertz CT molecular complexity index is 428. The van der Waals surface area contributed by atoms with Crippen LogP contribution in [-0.2, 0) is 6.54 Å². The molecule has 2 aliphatic heterocycles. The second kappa shape index (κ2) is 5.48. The molecule has 2 heterocycles. The Morgan fingerprint density at radius 3 is 2.84 bits per heavy atom. The molecule has 3 rings (SSSR count). The normalized spacial score (nSPS) is 33.6. The lowest BCUT2D eigenvalue weighted by Crippen LogP contribution is -2.52. The summed E-state index contributed by atoms with van der Waals surface area (Å²) < 4.78 is 0. The topological polar surface area (TPSA) is 15.3 Å². The van der Waals surface area contributed by atoms with Crippen LogP contribution in [0.4, 0.5) is 0 Å². The van der Waals surface area contributed by atoms with E-state index in [9.17, 15) is 0 Å². The lowest BCUT2D eigenvalue weighted by molar-refractivity contribution is 0.127. The molecule has 0 spiro atoms. The molecule has 2 bridgehead atoms. The smallest absolute Gasteiger partial charge is 0.0233 e. The van der Waals surface area contributed by atoms with Gasteiger partial charge >= 0.3 is 0 Å². The van der Waals surface area contributed by atoms with Crippen LogP contribution >= 0.6 is 0 Å². The molecule has 0 amide bonds. The van der Waals surface area contributed by atoms with E-state index in [1.807, 2.05) is 0 Å². The second-order valence-electron chi connectivity index (χ2n) is 6.06. The van der Waals surface area contributed by atoms with E-state index in [-0.39, 0.29) is 0 Å². The number of fused-ring (bicyclic) bond motifs is 2. The summed E-state index contributed by atoms with van der Waals surface area (Å²) in [6.07, 6.45) is 6.09. The van der Waals surface area contributed by atoms with Crippen molar-refractivity contribution in [1.82, 2.24) is 10.2 Å². The minimum atomic E-state index is 0.590. The van der Waals surface area contributed by atoms with Crippen LogP contribution in [0, 0.1) is 5.92 Å². The number of rotatable bonds is 4. The first-order valence-electron chi connectivity index (χ1n) is 7.40. The molecule has 2 aliphatic rings. The summed E-state index contributed by atoms with van der Waals surface area (Å²) >= 11 is 0. The lowest BCUT2D eigenvalue weighted by Gasteiger charge is -2.41. The molecule has 2 nitrogen and oxygen atoms in total. The van der Waals surface area contributed by atoms with Crippen LogP contribution in [0.25, 0.3) is 0 Å². The van der Waals surface area contributed by atoms with Gasteiger partial charge in [0.1, 0.15) is 0 Å². The Kier molecular flexibility index (Phi) is 3.72. The number of hydrogen-bond acceptors (Lipinski definition) is 2. The maximum atomic E-state index is 4.07. The number of benzene rings is 1. The number of nitrogens with one attached hydrogen (secondary N) is 1. The van der Waals surface area contributed by atoms with Crippen LogP contribution in [0.2, 0.25) is 0 Å². The average Bonchev–Trinajstić information content (AvgIpc) is 2.82. The standard InChI is InChI=1S/C17H24N2/c1-3-15-16-10-9-14(18-16)11-17(15)19(2)12-13-7-5-4-6-8-13/h3-8,14-18H,1,9-12H2,2H3/t14?,15-,16?,17+/m0/s1. The Morgan fingerprint density at radius 1 is 1.32 bits per heavy atom. The second-order valence-corrected chi connectivity index (χ2v) is 6.06. The van der Waals surface area contributed by atoms with E-state index in [4.69, 9.17) is 0 Å². The zero-order valence-electron chi connectivity index (χ0n) is 11.8. The summed E-state index contributed by atoms with van der Waals surface area (Å²) in [5, 5.41) is 3.74. The van der Waals surface area contributed by atoms with Crippen LogP contribution in [0.5, 0.6) is 0 Å². The Labute approximate surface area is 116 Å². The molecule has 0 aliphatic carbocycles. The van der Waals surface area contributed by atoms with E-state index in [1.165, 1.54) is 24.8 Å². The van der Waals surface area contributed by atoms with Crippen LogP contribution in [0.3, 0.4) is 0 Å². The van der Waals surface area contributed by atoms with Gasteiger partial charge in [0, 0.05) is 30.6 Å². The van der Waals surface area contributed by atoms with E-state index in [1.54, 1.807) is 0 Å². The number of hydrogen-bond donors (Lipinski definition) is 1. The van der Waals surface area contributed by atoms with Crippen molar-refractivity contribution in [3.63, 3.8) is 0 Å². The van der Waals surface area contributed by atoms with Crippen LogP contribution in [-0.4, -0.2) is 30.1 Å². The summed E-state index contributed by atoms with van der Waals surface area (Å²) in [4.78, 5) is 2.52. The first-order valence-corrected chi connectivity index (χ1v) is 7.40. The first-order chi connectivity index (χ1) is 9.28. The fourth-order valence-corrected chi connectivity index (χ4v) is 3.84. The molecule has 1 aromatic rings. The zero-order valence-corrected chi connectivity index (χ0v) is 11.8. The fourth-order valence-electron chi connectivity index (χ4n) is 3.84. The molecule has 2 saturated heterocycles.